The van der Waals surface area contributed by atoms with E-state index < -0.39 is 0 Å². The van der Waals surface area contributed by atoms with Gasteiger partial charge in [0.05, 0.1) is 18.1 Å². The third-order valence-corrected chi connectivity index (χ3v) is 7.18. The molecule has 0 aliphatic carbocycles. The monoisotopic (exact) mass is 447 g/mol. The van der Waals surface area contributed by atoms with Crippen LogP contribution in [0, 0.1) is 0 Å². The maximum absolute atomic E-state index is 5.42. The number of benzene rings is 4. The number of hydrogen-bond donors (Lipinski definition) is 0. The summed E-state index contributed by atoms with van der Waals surface area (Å²) in [4.78, 5) is 10.4. The van der Waals surface area contributed by atoms with E-state index in [4.69, 9.17) is 4.99 Å². The van der Waals surface area contributed by atoms with Crippen molar-refractivity contribution in [1.29, 1.82) is 0 Å². The summed E-state index contributed by atoms with van der Waals surface area (Å²) in [6, 6.07) is 37.3. The Morgan fingerprint density at radius 2 is 1.09 bits per heavy atom. The van der Waals surface area contributed by atoms with Crippen LogP contribution in [-0.2, 0) is 0 Å². The zero-order valence-electron chi connectivity index (χ0n) is 20.3. The van der Waals surface area contributed by atoms with Gasteiger partial charge >= 0.3 is 0 Å². The molecule has 0 N–H and O–H groups in total. The van der Waals surface area contributed by atoms with E-state index in [9.17, 15) is 0 Å². The van der Waals surface area contributed by atoms with Crippen LogP contribution in [0.25, 0.3) is 10.8 Å². The van der Waals surface area contributed by atoms with Crippen LogP contribution in [0.5, 0.6) is 0 Å². The number of nitrogens with zero attached hydrogens (tertiary/aromatic N) is 3. The molecule has 172 valence electrons. The number of aliphatic imine (C=N–C) groups is 1. The molecule has 0 unspecified atom stereocenters. The van der Waals surface area contributed by atoms with Crippen molar-refractivity contribution in [2.24, 2.45) is 4.99 Å². The Morgan fingerprint density at radius 3 is 1.68 bits per heavy atom. The van der Waals surface area contributed by atoms with Gasteiger partial charge in [-0.3, -0.25) is 0 Å². The zero-order chi connectivity index (χ0) is 23.5. The predicted octanol–water partition coefficient (Wildman–Crippen LogP) is 7.40. The smallest absolute Gasteiger partial charge is 0.198 e. The molecule has 1 fully saturated rings. The van der Waals surface area contributed by atoms with Crippen molar-refractivity contribution >= 4 is 16.7 Å². The molecule has 1 aliphatic rings. The van der Waals surface area contributed by atoms with E-state index in [0.717, 1.165) is 19.0 Å². The summed E-state index contributed by atoms with van der Waals surface area (Å²) in [5, 5.41) is 2.55. The molecule has 0 bridgehead atoms. The quantitative estimate of drug-likeness (QED) is 0.307. The molecule has 4 aromatic carbocycles. The minimum atomic E-state index is 0.0511. The topological polar surface area (TPSA) is 18.8 Å². The van der Waals surface area contributed by atoms with Crippen LogP contribution in [0.15, 0.2) is 108 Å². The van der Waals surface area contributed by atoms with Crippen LogP contribution in [0.2, 0.25) is 0 Å². The van der Waals surface area contributed by atoms with Gasteiger partial charge < -0.3 is 9.80 Å². The fourth-order valence-corrected chi connectivity index (χ4v) is 5.14. The average molecular weight is 448 g/mol. The lowest BCUT2D eigenvalue weighted by Crippen LogP contribution is -2.37. The molecule has 1 saturated heterocycles. The molecule has 0 radical (unpaired) electrons. The van der Waals surface area contributed by atoms with E-state index in [2.05, 4.69) is 134 Å². The molecule has 0 spiro atoms. The van der Waals surface area contributed by atoms with Gasteiger partial charge in [0.2, 0.25) is 0 Å². The number of guanidine groups is 1. The summed E-state index contributed by atoms with van der Waals surface area (Å²) >= 11 is 0. The molecule has 1 heterocycles. The van der Waals surface area contributed by atoms with E-state index in [1.165, 1.54) is 27.5 Å². The van der Waals surface area contributed by atoms with E-state index in [1.807, 2.05) is 0 Å². The van der Waals surface area contributed by atoms with Gasteiger partial charge in [-0.15, -0.1) is 0 Å². The Labute approximate surface area is 203 Å². The minimum absolute atomic E-state index is 0.0511. The van der Waals surface area contributed by atoms with Gasteiger partial charge in [0.15, 0.2) is 5.96 Å². The third-order valence-electron chi connectivity index (χ3n) is 7.18. The van der Waals surface area contributed by atoms with Crippen molar-refractivity contribution in [3.05, 3.63) is 120 Å². The molecule has 0 aromatic heterocycles. The molecule has 34 heavy (non-hydrogen) atoms. The van der Waals surface area contributed by atoms with Gasteiger partial charge in [-0.2, -0.15) is 0 Å². The van der Waals surface area contributed by atoms with Crippen molar-refractivity contribution in [1.82, 2.24) is 9.80 Å². The Morgan fingerprint density at radius 1 is 0.588 bits per heavy atom. The number of fused-ring (bicyclic) bond motifs is 1. The van der Waals surface area contributed by atoms with Crippen molar-refractivity contribution in [3.8, 4) is 0 Å². The highest BCUT2D eigenvalue weighted by Crippen LogP contribution is 2.33. The molecular formula is C31H33N3. The molecule has 5 rings (SSSR count). The predicted molar refractivity (Wildman–Crippen MR) is 143 cm³/mol. The Kier molecular flexibility index (Phi) is 6.35. The first-order valence-corrected chi connectivity index (χ1v) is 12.3. The largest absolute Gasteiger partial charge is 0.334 e. The van der Waals surface area contributed by atoms with Gasteiger partial charge in [0.1, 0.15) is 0 Å². The average Bonchev–Trinajstić information content (AvgIpc) is 3.31. The lowest BCUT2D eigenvalue weighted by Gasteiger charge is -2.32. The molecule has 3 heteroatoms. The van der Waals surface area contributed by atoms with Crippen molar-refractivity contribution in [2.45, 2.75) is 38.9 Å². The van der Waals surface area contributed by atoms with Gasteiger partial charge in [0.25, 0.3) is 0 Å². The first-order chi connectivity index (χ1) is 16.6. The fourth-order valence-electron chi connectivity index (χ4n) is 5.14. The summed E-state index contributed by atoms with van der Waals surface area (Å²) in [6.07, 6.45) is 0. The molecule has 0 saturated carbocycles. The van der Waals surface area contributed by atoms with Gasteiger partial charge in [-0.1, -0.05) is 103 Å². The fraction of sp³-hybridized carbons (Fsp3) is 0.258. The molecule has 1 aliphatic heterocycles. The second kappa shape index (κ2) is 9.72. The van der Waals surface area contributed by atoms with Crippen LogP contribution in [0.4, 0.5) is 0 Å². The minimum Gasteiger partial charge on any atom is -0.334 e. The Hall–Kier alpha value is -3.59. The molecule has 4 aromatic rings. The Bertz CT molecular complexity index is 1200. The number of rotatable bonds is 6. The molecule has 3 nitrogen and oxygen atoms in total. The van der Waals surface area contributed by atoms with E-state index in [1.54, 1.807) is 0 Å². The molecule has 3 atom stereocenters. The second-order valence-electron chi connectivity index (χ2n) is 9.23. The maximum atomic E-state index is 5.42. The maximum Gasteiger partial charge on any atom is 0.198 e. The summed E-state index contributed by atoms with van der Waals surface area (Å²) < 4.78 is 0. The van der Waals surface area contributed by atoms with Crippen molar-refractivity contribution in [2.75, 3.05) is 13.1 Å². The van der Waals surface area contributed by atoms with E-state index in [-0.39, 0.29) is 18.1 Å². The van der Waals surface area contributed by atoms with Gasteiger partial charge in [0, 0.05) is 13.1 Å². The standard InChI is InChI=1S/C31H33N3/c1-23(29-20-12-18-28-17-10-11-19-30(28)29)32-31-33(24(2)26-13-6-4-7-14-26)21-22-34(31)25(3)27-15-8-5-9-16-27/h4-20,23-25H,21-22H2,1-3H3/t23-,24+,25+/m1/s1. The van der Waals surface area contributed by atoms with Gasteiger partial charge in [-0.25, -0.2) is 4.99 Å². The number of hydrogen-bond acceptors (Lipinski definition) is 1. The van der Waals surface area contributed by atoms with Crippen LogP contribution < -0.4 is 0 Å². The van der Waals surface area contributed by atoms with Gasteiger partial charge in [-0.05, 0) is 48.2 Å². The summed E-state index contributed by atoms with van der Waals surface area (Å²) in [7, 11) is 0. The second-order valence-corrected chi connectivity index (χ2v) is 9.23. The lowest BCUT2D eigenvalue weighted by molar-refractivity contribution is 0.357. The van der Waals surface area contributed by atoms with Crippen LogP contribution in [0.1, 0.15) is 55.6 Å². The lowest BCUT2D eigenvalue weighted by atomic mass is 10.00. The highest BCUT2D eigenvalue weighted by molar-refractivity contribution is 5.87. The van der Waals surface area contributed by atoms with Crippen LogP contribution in [-0.4, -0.2) is 28.8 Å². The molecule has 0 amide bonds. The summed E-state index contributed by atoms with van der Waals surface area (Å²) in [5.41, 5.74) is 3.92. The van der Waals surface area contributed by atoms with Crippen LogP contribution in [0.3, 0.4) is 0 Å². The molecular weight excluding hydrogens is 414 g/mol. The summed E-state index contributed by atoms with van der Waals surface area (Å²) in [5.74, 6) is 1.09. The summed E-state index contributed by atoms with van der Waals surface area (Å²) in [6.45, 7) is 8.75. The Balaban J connectivity index is 1.55. The zero-order valence-corrected chi connectivity index (χ0v) is 20.3. The third kappa shape index (κ3) is 4.31. The first-order valence-electron chi connectivity index (χ1n) is 12.3. The SMILES string of the molecule is C[C@@H](N=C1N([C@@H](C)c2ccccc2)CCN1[C@@H](C)c1ccccc1)c1cccc2ccccc12. The van der Waals surface area contributed by atoms with E-state index in [0.29, 0.717) is 0 Å². The van der Waals surface area contributed by atoms with Crippen molar-refractivity contribution < 1.29 is 0 Å². The normalized spacial score (nSPS) is 16.5. The van der Waals surface area contributed by atoms with Crippen molar-refractivity contribution in [3.63, 3.8) is 0 Å². The highest BCUT2D eigenvalue weighted by atomic mass is 15.5. The van der Waals surface area contributed by atoms with E-state index >= 15 is 0 Å². The highest BCUT2D eigenvalue weighted by Gasteiger charge is 2.34. The first kappa shape index (κ1) is 22.2. The van der Waals surface area contributed by atoms with Crippen LogP contribution >= 0.6 is 0 Å².